The van der Waals surface area contributed by atoms with Gasteiger partial charge in [0.05, 0.1) is 11.6 Å². The van der Waals surface area contributed by atoms with Crippen LogP contribution in [0.5, 0.6) is 11.5 Å². The monoisotopic (exact) mass is 335 g/mol. The largest absolute Gasteiger partial charge is 0.486 e. The van der Waals surface area contributed by atoms with Gasteiger partial charge < -0.3 is 14.8 Å². The highest BCUT2D eigenvalue weighted by molar-refractivity contribution is 7.09. The summed E-state index contributed by atoms with van der Waals surface area (Å²) < 4.78 is 11.0. The molecule has 6 heteroatoms. The van der Waals surface area contributed by atoms with E-state index in [2.05, 4.69) is 5.32 Å². The summed E-state index contributed by atoms with van der Waals surface area (Å²) in [5.41, 5.74) is 0.792. The minimum absolute atomic E-state index is 0.153. The smallest absolute Gasteiger partial charge is 0.244 e. The van der Waals surface area contributed by atoms with Gasteiger partial charge in [-0.25, -0.2) is 0 Å². The number of benzene rings is 1. The molecule has 0 atom stereocenters. The van der Waals surface area contributed by atoms with Crippen molar-refractivity contribution in [3.63, 3.8) is 0 Å². The number of carbonyl (C=O) groups is 1. The molecule has 0 spiro atoms. The van der Waals surface area contributed by atoms with Crippen LogP contribution >= 0.6 is 22.9 Å². The van der Waals surface area contributed by atoms with Crippen molar-refractivity contribution in [1.29, 1.82) is 0 Å². The van der Waals surface area contributed by atoms with Gasteiger partial charge >= 0.3 is 0 Å². The van der Waals surface area contributed by atoms with Gasteiger partial charge in [0.25, 0.3) is 0 Å². The van der Waals surface area contributed by atoms with Crippen LogP contribution in [0.1, 0.15) is 10.4 Å². The summed E-state index contributed by atoms with van der Waals surface area (Å²) in [6, 6.07) is 7.50. The van der Waals surface area contributed by atoms with E-state index < -0.39 is 0 Å². The molecule has 2 aromatic rings. The summed E-state index contributed by atoms with van der Waals surface area (Å²) in [5.74, 6) is 1.02. The highest BCUT2D eigenvalue weighted by Gasteiger charge is 2.15. The molecule has 1 aliphatic rings. The van der Waals surface area contributed by atoms with Crippen molar-refractivity contribution in [3.05, 3.63) is 51.2 Å². The van der Waals surface area contributed by atoms with Crippen molar-refractivity contribution in [2.24, 2.45) is 0 Å². The Bertz CT molecular complexity index is 698. The molecule has 3 rings (SSSR count). The second-order valence-electron chi connectivity index (χ2n) is 4.66. The highest BCUT2D eigenvalue weighted by atomic mass is 35.5. The maximum atomic E-state index is 11.8. The molecular weight excluding hydrogens is 322 g/mol. The number of hydrogen-bond acceptors (Lipinski definition) is 4. The Balaban J connectivity index is 1.64. The summed E-state index contributed by atoms with van der Waals surface area (Å²) in [5, 5.41) is 5.29. The van der Waals surface area contributed by atoms with E-state index in [1.54, 1.807) is 23.5 Å². The zero-order valence-corrected chi connectivity index (χ0v) is 13.2. The van der Waals surface area contributed by atoms with Crippen molar-refractivity contribution in [3.8, 4) is 11.5 Å². The summed E-state index contributed by atoms with van der Waals surface area (Å²) in [7, 11) is 0. The topological polar surface area (TPSA) is 47.6 Å². The van der Waals surface area contributed by atoms with Gasteiger partial charge in [0.1, 0.15) is 13.2 Å². The number of carbonyl (C=O) groups excluding carboxylic acids is 1. The van der Waals surface area contributed by atoms with Crippen molar-refractivity contribution < 1.29 is 14.3 Å². The van der Waals surface area contributed by atoms with Crippen LogP contribution in [-0.4, -0.2) is 19.1 Å². The van der Waals surface area contributed by atoms with E-state index in [1.165, 1.54) is 6.08 Å². The molecule has 22 heavy (non-hydrogen) atoms. The minimum Gasteiger partial charge on any atom is -0.486 e. The molecule has 1 aromatic carbocycles. The number of ether oxygens (including phenoxy) is 2. The fourth-order valence-corrected chi connectivity index (χ4v) is 2.96. The van der Waals surface area contributed by atoms with E-state index in [9.17, 15) is 4.79 Å². The number of halogens is 1. The molecule has 0 fully saturated rings. The summed E-state index contributed by atoms with van der Waals surface area (Å²) in [6.07, 6.45) is 3.18. The highest BCUT2D eigenvalue weighted by Crippen LogP contribution is 2.38. The summed E-state index contributed by atoms with van der Waals surface area (Å²) in [4.78, 5) is 12.9. The van der Waals surface area contributed by atoms with Crippen molar-refractivity contribution in [1.82, 2.24) is 5.32 Å². The van der Waals surface area contributed by atoms with E-state index in [1.807, 2.05) is 23.6 Å². The van der Waals surface area contributed by atoms with Gasteiger partial charge in [-0.1, -0.05) is 17.7 Å². The predicted molar refractivity (Wildman–Crippen MR) is 87.6 cm³/mol. The lowest BCUT2D eigenvalue weighted by Gasteiger charge is -2.19. The molecule has 1 amide bonds. The van der Waals surface area contributed by atoms with Gasteiger partial charge in [0.15, 0.2) is 11.5 Å². The minimum atomic E-state index is -0.153. The van der Waals surface area contributed by atoms with Crippen LogP contribution in [-0.2, 0) is 11.3 Å². The first-order valence-corrected chi connectivity index (χ1v) is 8.05. The van der Waals surface area contributed by atoms with Crippen LogP contribution in [0, 0.1) is 0 Å². The molecule has 2 heterocycles. The third-order valence-corrected chi connectivity index (χ3v) is 4.22. The second-order valence-corrected chi connectivity index (χ2v) is 6.10. The zero-order valence-electron chi connectivity index (χ0n) is 11.7. The van der Waals surface area contributed by atoms with Gasteiger partial charge in [0, 0.05) is 11.0 Å². The molecule has 1 aliphatic heterocycles. The predicted octanol–water partition coefficient (Wildman–Crippen LogP) is 3.50. The van der Waals surface area contributed by atoms with E-state index in [0.717, 1.165) is 10.4 Å². The molecule has 1 N–H and O–H groups in total. The van der Waals surface area contributed by atoms with Crippen LogP contribution in [0.15, 0.2) is 35.7 Å². The maximum Gasteiger partial charge on any atom is 0.244 e. The average Bonchev–Trinajstić information content (AvgIpc) is 3.04. The van der Waals surface area contributed by atoms with Crippen LogP contribution < -0.4 is 14.8 Å². The number of amides is 1. The average molecular weight is 336 g/mol. The molecule has 0 aliphatic carbocycles. The first-order valence-electron chi connectivity index (χ1n) is 6.80. The Morgan fingerprint density at radius 1 is 1.36 bits per heavy atom. The maximum absolute atomic E-state index is 11.8. The lowest BCUT2D eigenvalue weighted by molar-refractivity contribution is -0.116. The van der Waals surface area contributed by atoms with Crippen LogP contribution in [0.2, 0.25) is 5.02 Å². The molecular formula is C16H14ClNO3S. The number of nitrogens with one attached hydrogen (secondary N) is 1. The Kier molecular flexibility index (Phi) is 4.65. The van der Waals surface area contributed by atoms with Crippen molar-refractivity contribution in [2.75, 3.05) is 13.2 Å². The first kappa shape index (κ1) is 14.9. The van der Waals surface area contributed by atoms with E-state index in [4.69, 9.17) is 21.1 Å². The third kappa shape index (κ3) is 3.61. The molecule has 0 bridgehead atoms. The summed E-state index contributed by atoms with van der Waals surface area (Å²) >= 11 is 7.76. The van der Waals surface area contributed by atoms with Crippen LogP contribution in [0.25, 0.3) is 6.08 Å². The Hall–Kier alpha value is -1.98. The first-order chi connectivity index (χ1) is 10.7. The SMILES string of the molecule is O=C(/C=C/c1cc(Cl)c2c(c1)OCCO2)NCc1cccs1. The Morgan fingerprint density at radius 2 is 2.23 bits per heavy atom. The molecule has 4 nitrogen and oxygen atoms in total. The number of thiophene rings is 1. The van der Waals surface area contributed by atoms with Crippen LogP contribution in [0.3, 0.4) is 0 Å². The van der Waals surface area contributed by atoms with Gasteiger partial charge in [-0.2, -0.15) is 0 Å². The standard InChI is InChI=1S/C16H14ClNO3S/c17-13-8-11(9-14-16(13)21-6-5-20-14)3-4-15(19)18-10-12-2-1-7-22-12/h1-4,7-9H,5-6,10H2,(H,18,19)/b4-3+. The quantitative estimate of drug-likeness (QED) is 0.870. The number of rotatable bonds is 4. The van der Waals surface area contributed by atoms with E-state index in [0.29, 0.717) is 36.3 Å². The van der Waals surface area contributed by atoms with Crippen molar-refractivity contribution in [2.45, 2.75) is 6.54 Å². The fourth-order valence-electron chi connectivity index (χ4n) is 2.05. The molecule has 0 saturated heterocycles. The number of fused-ring (bicyclic) bond motifs is 1. The van der Waals surface area contributed by atoms with Gasteiger partial charge in [0.2, 0.25) is 5.91 Å². The Morgan fingerprint density at radius 3 is 3.05 bits per heavy atom. The molecule has 0 radical (unpaired) electrons. The number of hydrogen-bond donors (Lipinski definition) is 1. The fraction of sp³-hybridized carbons (Fsp3) is 0.188. The van der Waals surface area contributed by atoms with Gasteiger partial charge in [-0.15, -0.1) is 11.3 Å². The van der Waals surface area contributed by atoms with Crippen LogP contribution in [0.4, 0.5) is 0 Å². The Labute approximate surface area is 137 Å². The molecule has 1 aromatic heterocycles. The molecule has 114 valence electrons. The lowest BCUT2D eigenvalue weighted by Crippen LogP contribution is -2.19. The van der Waals surface area contributed by atoms with E-state index in [-0.39, 0.29) is 5.91 Å². The lowest BCUT2D eigenvalue weighted by atomic mass is 10.1. The normalized spacial score (nSPS) is 13.3. The van der Waals surface area contributed by atoms with Gasteiger partial charge in [-0.05, 0) is 35.2 Å². The van der Waals surface area contributed by atoms with Crippen molar-refractivity contribution >= 4 is 34.9 Å². The van der Waals surface area contributed by atoms with E-state index >= 15 is 0 Å². The zero-order chi connectivity index (χ0) is 15.4. The third-order valence-electron chi connectivity index (χ3n) is 3.06. The van der Waals surface area contributed by atoms with Gasteiger partial charge in [-0.3, -0.25) is 4.79 Å². The summed E-state index contributed by atoms with van der Waals surface area (Å²) in [6.45, 7) is 1.52. The molecule has 0 saturated carbocycles. The molecule has 0 unspecified atom stereocenters. The second kappa shape index (κ2) is 6.85.